The Kier molecular flexibility index (Phi) is 5.13. The number of hydrogen-bond acceptors (Lipinski definition) is 4. The zero-order valence-corrected chi connectivity index (χ0v) is 19.3. The van der Waals surface area contributed by atoms with Crippen molar-refractivity contribution in [2.75, 3.05) is 31.1 Å². The maximum Gasteiger partial charge on any atom is 0.259 e. The summed E-state index contributed by atoms with van der Waals surface area (Å²) in [6.45, 7) is 9.32. The van der Waals surface area contributed by atoms with Gasteiger partial charge in [0.1, 0.15) is 17.4 Å². The average molecular weight is 452 g/mol. The minimum atomic E-state index is -0.330. The van der Waals surface area contributed by atoms with E-state index in [1.807, 2.05) is 11.5 Å². The van der Waals surface area contributed by atoms with E-state index in [1.54, 1.807) is 23.2 Å². The van der Waals surface area contributed by atoms with Crippen LogP contribution in [0.4, 0.5) is 5.69 Å². The first-order chi connectivity index (χ1) is 15.3. The lowest BCUT2D eigenvalue weighted by atomic mass is 10.1. The number of carbonyl (C=O) groups is 1. The van der Waals surface area contributed by atoms with Crippen molar-refractivity contribution in [3.8, 4) is 5.75 Å². The number of benzene rings is 2. The van der Waals surface area contributed by atoms with Crippen LogP contribution in [0, 0.1) is 13.8 Å². The molecule has 0 unspecified atom stereocenters. The standard InChI is InChI=1S/C25H26ClN3O3/c1-15-4-5-16(2)20(12-15)27-8-10-28(11-9-27)25(31)18-14-29-13-17(3)32-21-7-6-19(26)22(23(21)29)24(18)30/h4-7,12,14,17H,8-11,13H2,1-3H3/t17-/m0/s1. The molecule has 0 bridgehead atoms. The van der Waals surface area contributed by atoms with Crippen LogP contribution in [0.15, 0.2) is 41.3 Å². The Morgan fingerprint density at radius 1 is 1.09 bits per heavy atom. The first-order valence-corrected chi connectivity index (χ1v) is 11.3. The summed E-state index contributed by atoms with van der Waals surface area (Å²) < 4.78 is 7.82. The zero-order chi connectivity index (χ0) is 22.6. The summed E-state index contributed by atoms with van der Waals surface area (Å²) in [5.41, 5.74) is 4.16. The number of hydrogen-bond donors (Lipinski definition) is 0. The molecule has 0 radical (unpaired) electrons. The second-order valence-corrected chi connectivity index (χ2v) is 9.20. The molecule has 2 aromatic carbocycles. The van der Waals surface area contributed by atoms with Crippen LogP contribution in [-0.2, 0) is 6.54 Å². The van der Waals surface area contributed by atoms with Gasteiger partial charge in [-0.2, -0.15) is 0 Å². The third kappa shape index (κ3) is 3.43. The van der Waals surface area contributed by atoms with Gasteiger partial charge in [0.15, 0.2) is 0 Å². The molecule has 1 amide bonds. The molecule has 2 aliphatic heterocycles. The highest BCUT2D eigenvalue weighted by molar-refractivity contribution is 6.35. The number of anilines is 1. The van der Waals surface area contributed by atoms with Crippen LogP contribution in [0.5, 0.6) is 5.75 Å². The van der Waals surface area contributed by atoms with Crippen molar-refractivity contribution in [3.05, 3.63) is 68.5 Å². The predicted molar refractivity (Wildman–Crippen MR) is 127 cm³/mol. The van der Waals surface area contributed by atoms with Gasteiger partial charge in [-0.15, -0.1) is 0 Å². The molecule has 3 aromatic rings. The van der Waals surface area contributed by atoms with E-state index in [1.165, 1.54) is 16.8 Å². The number of rotatable bonds is 2. The van der Waals surface area contributed by atoms with Crippen molar-refractivity contribution >= 4 is 34.1 Å². The van der Waals surface area contributed by atoms with Crippen LogP contribution in [0.2, 0.25) is 5.02 Å². The number of nitrogens with zero attached hydrogens (tertiary/aromatic N) is 3. The molecule has 166 valence electrons. The van der Waals surface area contributed by atoms with E-state index in [0.717, 1.165) is 13.1 Å². The predicted octanol–water partition coefficient (Wildman–Crippen LogP) is 4.02. The number of piperazine rings is 1. The molecule has 32 heavy (non-hydrogen) atoms. The fourth-order valence-electron chi connectivity index (χ4n) is 4.77. The van der Waals surface area contributed by atoms with Crippen LogP contribution >= 0.6 is 11.6 Å². The van der Waals surface area contributed by atoms with E-state index in [-0.39, 0.29) is 23.0 Å². The molecule has 0 saturated carbocycles. The third-order valence-corrected chi connectivity index (χ3v) is 6.73. The molecule has 1 saturated heterocycles. The maximum absolute atomic E-state index is 13.4. The van der Waals surface area contributed by atoms with E-state index in [0.29, 0.717) is 41.3 Å². The number of amides is 1. The average Bonchev–Trinajstić information content (AvgIpc) is 2.78. The molecular weight excluding hydrogens is 426 g/mol. The summed E-state index contributed by atoms with van der Waals surface area (Å²) in [5, 5.41) is 0.700. The normalized spacial score (nSPS) is 18.1. The molecule has 1 aromatic heterocycles. The summed E-state index contributed by atoms with van der Waals surface area (Å²) in [6, 6.07) is 9.88. The van der Waals surface area contributed by atoms with Gasteiger partial charge in [0.2, 0.25) is 5.43 Å². The fourth-order valence-corrected chi connectivity index (χ4v) is 5.00. The van der Waals surface area contributed by atoms with E-state index in [9.17, 15) is 9.59 Å². The fraction of sp³-hybridized carbons (Fsp3) is 0.360. The number of carbonyl (C=O) groups excluding carboxylic acids is 1. The lowest BCUT2D eigenvalue weighted by Gasteiger charge is -2.37. The molecule has 0 spiro atoms. The maximum atomic E-state index is 13.4. The third-order valence-electron chi connectivity index (χ3n) is 6.42. The first-order valence-electron chi connectivity index (χ1n) is 11.0. The largest absolute Gasteiger partial charge is 0.487 e. The highest BCUT2D eigenvalue weighted by atomic mass is 35.5. The van der Waals surface area contributed by atoms with Crippen LogP contribution in [-0.4, -0.2) is 47.7 Å². The minimum Gasteiger partial charge on any atom is -0.487 e. The van der Waals surface area contributed by atoms with Gasteiger partial charge in [0.05, 0.1) is 22.5 Å². The molecule has 3 heterocycles. The highest BCUT2D eigenvalue weighted by Crippen LogP contribution is 2.33. The molecule has 1 fully saturated rings. The smallest absolute Gasteiger partial charge is 0.259 e. The SMILES string of the molecule is Cc1ccc(C)c(N2CCN(C(=O)c3cn4c5c(ccc(Cl)c5c3=O)O[C@@H](C)C4)CC2)c1. The second-order valence-electron chi connectivity index (χ2n) is 8.79. The quantitative estimate of drug-likeness (QED) is 0.590. The van der Waals surface area contributed by atoms with Crippen molar-refractivity contribution in [2.24, 2.45) is 0 Å². The van der Waals surface area contributed by atoms with E-state index in [4.69, 9.17) is 16.3 Å². The van der Waals surface area contributed by atoms with Gasteiger partial charge in [-0.1, -0.05) is 23.7 Å². The number of pyridine rings is 1. The summed E-state index contributed by atoms with van der Waals surface area (Å²) in [7, 11) is 0. The number of aromatic nitrogens is 1. The Labute approximate surface area is 191 Å². The lowest BCUT2D eigenvalue weighted by molar-refractivity contribution is 0.0744. The van der Waals surface area contributed by atoms with E-state index < -0.39 is 0 Å². The van der Waals surface area contributed by atoms with Crippen molar-refractivity contribution in [1.82, 2.24) is 9.47 Å². The molecule has 1 atom stereocenters. The Hall–Kier alpha value is -2.99. The van der Waals surface area contributed by atoms with Gasteiger partial charge in [-0.05, 0) is 50.1 Å². The molecule has 7 heteroatoms. The highest BCUT2D eigenvalue weighted by Gasteiger charge is 2.28. The van der Waals surface area contributed by atoms with Crippen molar-refractivity contribution < 1.29 is 9.53 Å². The molecule has 0 aliphatic carbocycles. The lowest BCUT2D eigenvalue weighted by Crippen LogP contribution is -2.50. The Balaban J connectivity index is 1.45. The Morgan fingerprint density at radius 3 is 2.59 bits per heavy atom. The van der Waals surface area contributed by atoms with E-state index in [2.05, 4.69) is 36.9 Å². The second kappa shape index (κ2) is 7.85. The van der Waals surface area contributed by atoms with Crippen LogP contribution in [0.25, 0.3) is 10.9 Å². The summed E-state index contributed by atoms with van der Waals surface area (Å²) in [4.78, 5) is 30.8. The molecule has 6 nitrogen and oxygen atoms in total. The Morgan fingerprint density at radius 2 is 1.84 bits per heavy atom. The molecular formula is C25H26ClN3O3. The van der Waals surface area contributed by atoms with Gasteiger partial charge >= 0.3 is 0 Å². The van der Waals surface area contributed by atoms with Gasteiger partial charge in [-0.25, -0.2) is 0 Å². The van der Waals surface area contributed by atoms with E-state index >= 15 is 0 Å². The van der Waals surface area contributed by atoms with Crippen molar-refractivity contribution in [1.29, 1.82) is 0 Å². The summed E-state index contributed by atoms with van der Waals surface area (Å²) >= 11 is 6.40. The van der Waals surface area contributed by atoms with Crippen LogP contribution in [0.3, 0.4) is 0 Å². The first kappa shape index (κ1) is 20.9. The summed E-state index contributed by atoms with van der Waals surface area (Å²) in [5.74, 6) is 0.392. The van der Waals surface area contributed by atoms with Gasteiger partial charge < -0.3 is 19.1 Å². The van der Waals surface area contributed by atoms with Crippen molar-refractivity contribution in [2.45, 2.75) is 33.4 Å². The Bertz CT molecular complexity index is 1290. The molecule has 2 aliphatic rings. The molecule has 0 N–H and O–H groups in total. The minimum absolute atomic E-state index is 0.0570. The number of ether oxygens (including phenoxy) is 1. The number of halogens is 1. The van der Waals surface area contributed by atoms with Crippen LogP contribution < -0.4 is 15.1 Å². The van der Waals surface area contributed by atoms with Gasteiger partial charge in [-0.3, -0.25) is 9.59 Å². The topological polar surface area (TPSA) is 54.8 Å². The monoisotopic (exact) mass is 451 g/mol. The van der Waals surface area contributed by atoms with Gasteiger partial charge in [0, 0.05) is 38.1 Å². The zero-order valence-electron chi connectivity index (χ0n) is 18.5. The summed E-state index contributed by atoms with van der Waals surface area (Å²) in [6.07, 6.45) is 1.63. The van der Waals surface area contributed by atoms with Crippen LogP contribution in [0.1, 0.15) is 28.4 Å². The van der Waals surface area contributed by atoms with Gasteiger partial charge in [0.25, 0.3) is 5.91 Å². The van der Waals surface area contributed by atoms with Crippen molar-refractivity contribution in [3.63, 3.8) is 0 Å². The molecule has 5 rings (SSSR count). The number of aryl methyl sites for hydroxylation is 2.